The van der Waals surface area contributed by atoms with Crippen molar-refractivity contribution in [2.75, 3.05) is 5.32 Å². The summed E-state index contributed by atoms with van der Waals surface area (Å²) in [5, 5.41) is 15.1. The Kier molecular flexibility index (Phi) is 3.56. The molecule has 4 aromatic rings. The van der Waals surface area contributed by atoms with Crippen LogP contribution in [0.15, 0.2) is 41.4 Å². The Bertz CT molecular complexity index is 1030. The first-order valence-electron chi connectivity index (χ1n) is 7.32. The molecule has 0 radical (unpaired) electrons. The molecular formula is C15H11F2N7O. The molecule has 1 unspecified atom stereocenters. The molecule has 0 aliphatic heterocycles. The average Bonchev–Trinajstić information content (AvgIpc) is 3.25. The smallest absolute Gasteiger partial charge is 0.204 e. The molecule has 0 aliphatic carbocycles. The van der Waals surface area contributed by atoms with E-state index >= 15 is 0 Å². The monoisotopic (exact) mass is 343 g/mol. The van der Waals surface area contributed by atoms with Crippen LogP contribution in [-0.4, -0.2) is 30.1 Å². The maximum Gasteiger partial charge on any atom is 0.204 e. The number of anilines is 1. The average molecular weight is 343 g/mol. The molecule has 4 rings (SSSR count). The summed E-state index contributed by atoms with van der Waals surface area (Å²) in [6, 6.07) is 1.48. The Morgan fingerprint density at radius 3 is 2.64 bits per heavy atom. The lowest BCUT2D eigenvalue weighted by atomic mass is 10.2. The van der Waals surface area contributed by atoms with Gasteiger partial charge < -0.3 is 9.84 Å². The second-order valence-electron chi connectivity index (χ2n) is 5.25. The Hall–Kier alpha value is -3.43. The summed E-state index contributed by atoms with van der Waals surface area (Å²) in [7, 11) is 0. The highest BCUT2D eigenvalue weighted by molar-refractivity contribution is 5.88. The number of aromatic nitrogens is 6. The predicted molar refractivity (Wildman–Crippen MR) is 82.9 cm³/mol. The number of benzene rings is 1. The second kappa shape index (κ2) is 5.89. The van der Waals surface area contributed by atoms with Crippen LogP contribution in [0, 0.1) is 11.6 Å². The van der Waals surface area contributed by atoms with Gasteiger partial charge in [0.1, 0.15) is 11.5 Å². The standard InChI is InChI=1S/C15H11F2N7O/c1-8(12-15(19-3-2-18-12)24-20-4-5-21-24)22-14-10-6-9(16)7-11(17)13(10)25-23-14/h2-8H,1H3,(H,22,23). The van der Waals surface area contributed by atoms with Crippen LogP contribution in [0.1, 0.15) is 18.7 Å². The molecule has 0 spiro atoms. The van der Waals surface area contributed by atoms with Gasteiger partial charge >= 0.3 is 0 Å². The number of nitrogens with one attached hydrogen (secondary N) is 1. The fourth-order valence-corrected chi connectivity index (χ4v) is 2.47. The highest BCUT2D eigenvalue weighted by Crippen LogP contribution is 2.29. The highest BCUT2D eigenvalue weighted by atomic mass is 19.1. The number of hydrogen-bond donors (Lipinski definition) is 1. The van der Waals surface area contributed by atoms with Gasteiger partial charge in [0.25, 0.3) is 0 Å². The van der Waals surface area contributed by atoms with Crippen LogP contribution < -0.4 is 5.32 Å². The third-order valence-corrected chi connectivity index (χ3v) is 3.57. The molecule has 0 fully saturated rings. The van der Waals surface area contributed by atoms with Crippen LogP contribution in [0.5, 0.6) is 0 Å². The van der Waals surface area contributed by atoms with Crippen molar-refractivity contribution in [1.82, 2.24) is 30.1 Å². The van der Waals surface area contributed by atoms with E-state index in [0.717, 1.165) is 12.1 Å². The van der Waals surface area contributed by atoms with E-state index in [2.05, 4.69) is 30.6 Å². The third-order valence-electron chi connectivity index (χ3n) is 3.57. The van der Waals surface area contributed by atoms with Crippen LogP contribution >= 0.6 is 0 Å². The summed E-state index contributed by atoms with van der Waals surface area (Å²) in [5.74, 6) is -0.905. The van der Waals surface area contributed by atoms with E-state index in [9.17, 15) is 8.78 Å². The summed E-state index contributed by atoms with van der Waals surface area (Å²) < 4.78 is 32.2. The van der Waals surface area contributed by atoms with Crippen LogP contribution in [0.4, 0.5) is 14.6 Å². The van der Waals surface area contributed by atoms with E-state index in [0.29, 0.717) is 11.5 Å². The SMILES string of the molecule is CC(Nc1noc2c(F)cc(F)cc12)c1nccnc1-n1nccn1. The minimum absolute atomic E-state index is 0.121. The van der Waals surface area contributed by atoms with Crippen LogP contribution in [0.25, 0.3) is 16.8 Å². The number of nitrogens with zero attached hydrogens (tertiary/aromatic N) is 6. The molecular weight excluding hydrogens is 332 g/mol. The van der Waals surface area contributed by atoms with Crippen LogP contribution in [0.2, 0.25) is 0 Å². The van der Waals surface area contributed by atoms with Gasteiger partial charge in [-0.2, -0.15) is 10.2 Å². The van der Waals surface area contributed by atoms with Gasteiger partial charge in [-0.05, 0) is 13.0 Å². The molecule has 126 valence electrons. The van der Waals surface area contributed by atoms with Gasteiger partial charge in [0.05, 0.1) is 23.8 Å². The molecule has 1 aromatic carbocycles. The molecule has 8 nitrogen and oxygen atoms in total. The van der Waals surface area contributed by atoms with Crippen molar-refractivity contribution < 1.29 is 13.3 Å². The minimum Gasteiger partial charge on any atom is -0.358 e. The molecule has 3 heterocycles. The van der Waals surface area contributed by atoms with Gasteiger partial charge in [-0.25, -0.2) is 13.8 Å². The second-order valence-corrected chi connectivity index (χ2v) is 5.25. The Labute approximate surface area is 139 Å². The molecule has 25 heavy (non-hydrogen) atoms. The van der Waals surface area contributed by atoms with Crippen molar-refractivity contribution in [1.29, 1.82) is 0 Å². The third kappa shape index (κ3) is 2.67. The summed E-state index contributed by atoms with van der Waals surface area (Å²) >= 11 is 0. The van der Waals surface area contributed by atoms with Gasteiger partial charge in [0.2, 0.25) is 5.58 Å². The molecule has 0 aliphatic rings. The summed E-state index contributed by atoms with van der Waals surface area (Å²) in [5.41, 5.74) is 0.413. The van der Waals surface area contributed by atoms with Crippen molar-refractivity contribution in [2.24, 2.45) is 0 Å². The van der Waals surface area contributed by atoms with E-state index in [1.54, 1.807) is 6.92 Å². The van der Waals surface area contributed by atoms with Gasteiger partial charge in [-0.1, -0.05) is 5.16 Å². The number of halogens is 2. The van der Waals surface area contributed by atoms with Crippen LogP contribution in [-0.2, 0) is 0 Å². The van der Waals surface area contributed by atoms with Crippen molar-refractivity contribution >= 4 is 16.8 Å². The summed E-state index contributed by atoms with van der Waals surface area (Å²) in [6.45, 7) is 1.80. The minimum atomic E-state index is -0.816. The zero-order valence-corrected chi connectivity index (χ0v) is 12.9. The lowest BCUT2D eigenvalue weighted by Gasteiger charge is -2.14. The zero-order valence-electron chi connectivity index (χ0n) is 12.9. The Morgan fingerprint density at radius 2 is 1.84 bits per heavy atom. The van der Waals surface area contributed by atoms with E-state index < -0.39 is 17.7 Å². The summed E-state index contributed by atoms with van der Waals surface area (Å²) in [4.78, 5) is 9.87. The van der Waals surface area contributed by atoms with Crippen molar-refractivity contribution in [3.05, 3.63) is 54.2 Å². The topological polar surface area (TPSA) is 94.6 Å². The molecule has 0 amide bonds. The normalized spacial score (nSPS) is 12.4. The number of hydrogen-bond acceptors (Lipinski definition) is 7. The van der Waals surface area contributed by atoms with E-state index in [-0.39, 0.29) is 16.8 Å². The maximum absolute atomic E-state index is 13.7. The highest BCUT2D eigenvalue weighted by Gasteiger charge is 2.20. The van der Waals surface area contributed by atoms with Crippen molar-refractivity contribution in [3.63, 3.8) is 0 Å². The summed E-state index contributed by atoms with van der Waals surface area (Å²) in [6.07, 6.45) is 6.09. The lowest BCUT2D eigenvalue weighted by molar-refractivity contribution is 0.441. The first kappa shape index (κ1) is 15.1. The quantitative estimate of drug-likeness (QED) is 0.608. The van der Waals surface area contributed by atoms with Gasteiger partial charge in [0, 0.05) is 18.5 Å². The van der Waals surface area contributed by atoms with E-state index in [1.807, 2.05) is 0 Å². The molecule has 1 N–H and O–H groups in total. The first-order valence-corrected chi connectivity index (χ1v) is 7.32. The first-order chi connectivity index (χ1) is 12.1. The lowest BCUT2D eigenvalue weighted by Crippen LogP contribution is -2.15. The van der Waals surface area contributed by atoms with Crippen molar-refractivity contribution in [3.8, 4) is 5.82 Å². The van der Waals surface area contributed by atoms with Gasteiger partial charge in [-0.3, -0.25) is 4.98 Å². The van der Waals surface area contributed by atoms with Gasteiger partial charge in [-0.15, -0.1) is 4.80 Å². The maximum atomic E-state index is 13.7. The fourth-order valence-electron chi connectivity index (χ4n) is 2.47. The molecule has 0 saturated carbocycles. The van der Waals surface area contributed by atoms with Gasteiger partial charge in [0.15, 0.2) is 17.5 Å². The van der Waals surface area contributed by atoms with Crippen molar-refractivity contribution in [2.45, 2.75) is 13.0 Å². The molecule has 0 saturated heterocycles. The van der Waals surface area contributed by atoms with Crippen LogP contribution in [0.3, 0.4) is 0 Å². The predicted octanol–water partition coefficient (Wildman–Crippen LogP) is 2.65. The number of rotatable bonds is 4. The number of fused-ring (bicyclic) bond motifs is 1. The molecule has 0 bridgehead atoms. The van der Waals surface area contributed by atoms with E-state index in [1.165, 1.54) is 29.6 Å². The largest absolute Gasteiger partial charge is 0.358 e. The fraction of sp³-hybridized carbons (Fsp3) is 0.133. The Morgan fingerprint density at radius 1 is 1.08 bits per heavy atom. The Balaban J connectivity index is 1.71. The molecule has 3 aromatic heterocycles. The molecule has 10 heteroatoms. The molecule has 1 atom stereocenters. The zero-order chi connectivity index (χ0) is 17.4. The van der Waals surface area contributed by atoms with E-state index in [4.69, 9.17) is 4.52 Å².